The van der Waals surface area contributed by atoms with Crippen LogP contribution in [0.1, 0.15) is 49.0 Å². The van der Waals surface area contributed by atoms with E-state index in [2.05, 4.69) is 21.7 Å². The maximum Gasteiger partial charge on any atom is 0.267 e. The Kier molecular flexibility index (Phi) is 5.73. The van der Waals surface area contributed by atoms with E-state index < -0.39 is 16.1 Å². The molecule has 1 aromatic heterocycles. The molecule has 2 aliphatic rings. The van der Waals surface area contributed by atoms with Crippen molar-refractivity contribution in [3.05, 3.63) is 30.0 Å². The van der Waals surface area contributed by atoms with Crippen LogP contribution < -0.4 is 15.8 Å². The number of hydrogen-bond donors (Lipinski definition) is 4. The molecule has 0 saturated heterocycles. The van der Waals surface area contributed by atoms with Crippen molar-refractivity contribution in [3.8, 4) is 6.07 Å². The van der Waals surface area contributed by atoms with Gasteiger partial charge in [0, 0.05) is 16.9 Å². The van der Waals surface area contributed by atoms with Crippen molar-refractivity contribution in [1.82, 2.24) is 15.6 Å². The van der Waals surface area contributed by atoms with Crippen molar-refractivity contribution in [2.24, 2.45) is 17.0 Å². The standard InChI is InChI=1S/C21H25N5O4S/c22-11-19(12-5-6-12)26-20(27)15-3-1-2-4-17(15)25-21(28)18-10-13-9-14(31(23,29)30)7-8-16(13)24-18/h7-10,12,15,17,19,24H,1-6H2,(H,25,28)(H,26,27)(H2,23,29,30). The molecule has 2 saturated carbocycles. The molecule has 2 fully saturated rings. The number of aromatic amines is 1. The highest BCUT2D eigenvalue weighted by Gasteiger charge is 2.37. The van der Waals surface area contributed by atoms with Gasteiger partial charge in [-0.1, -0.05) is 12.8 Å². The molecule has 9 nitrogen and oxygen atoms in total. The number of amides is 2. The Hall–Kier alpha value is -2.90. The van der Waals surface area contributed by atoms with Gasteiger partial charge in [-0.2, -0.15) is 5.26 Å². The fourth-order valence-electron chi connectivity index (χ4n) is 4.22. The van der Waals surface area contributed by atoms with Gasteiger partial charge in [-0.3, -0.25) is 9.59 Å². The van der Waals surface area contributed by atoms with Crippen LogP contribution in [0.2, 0.25) is 0 Å². The summed E-state index contributed by atoms with van der Waals surface area (Å²) in [6.45, 7) is 0. The fourth-order valence-corrected chi connectivity index (χ4v) is 4.77. The van der Waals surface area contributed by atoms with Gasteiger partial charge in [-0.15, -0.1) is 0 Å². The average Bonchev–Trinajstić information content (AvgIpc) is 3.48. The van der Waals surface area contributed by atoms with E-state index in [1.165, 1.54) is 12.1 Å². The van der Waals surface area contributed by atoms with Gasteiger partial charge in [0.25, 0.3) is 5.91 Å². The first-order valence-electron chi connectivity index (χ1n) is 10.4. The van der Waals surface area contributed by atoms with Crippen LogP contribution in [0, 0.1) is 23.2 Å². The van der Waals surface area contributed by atoms with Crippen LogP contribution in [-0.2, 0) is 14.8 Å². The van der Waals surface area contributed by atoms with Crippen LogP contribution in [0.25, 0.3) is 10.9 Å². The Bertz CT molecular complexity index is 1160. The Balaban J connectivity index is 1.48. The van der Waals surface area contributed by atoms with Crippen molar-refractivity contribution < 1.29 is 18.0 Å². The summed E-state index contributed by atoms with van der Waals surface area (Å²) in [5, 5.41) is 20.8. The zero-order chi connectivity index (χ0) is 22.2. The van der Waals surface area contributed by atoms with Gasteiger partial charge in [0.1, 0.15) is 11.7 Å². The Labute approximate surface area is 180 Å². The first-order chi connectivity index (χ1) is 14.8. The number of nitrogens with zero attached hydrogens (tertiary/aromatic N) is 1. The summed E-state index contributed by atoms with van der Waals surface area (Å²) in [4.78, 5) is 28.6. The molecular weight excluding hydrogens is 418 g/mol. The van der Waals surface area contributed by atoms with Gasteiger partial charge in [0.15, 0.2) is 0 Å². The van der Waals surface area contributed by atoms with Gasteiger partial charge in [0.2, 0.25) is 15.9 Å². The number of fused-ring (bicyclic) bond motifs is 1. The number of rotatable bonds is 6. The minimum Gasteiger partial charge on any atom is -0.351 e. The topological polar surface area (TPSA) is 158 Å². The number of carbonyl (C=O) groups is 2. The number of sulfonamides is 1. The zero-order valence-corrected chi connectivity index (χ0v) is 17.7. The van der Waals surface area contributed by atoms with E-state index in [0.717, 1.165) is 25.7 Å². The highest BCUT2D eigenvalue weighted by atomic mass is 32.2. The lowest BCUT2D eigenvalue weighted by Crippen LogP contribution is -2.50. The molecule has 4 rings (SSSR count). The number of nitriles is 1. The van der Waals surface area contributed by atoms with Crippen LogP contribution in [-0.4, -0.2) is 37.3 Å². The molecule has 10 heteroatoms. The van der Waals surface area contributed by atoms with Crippen molar-refractivity contribution in [2.45, 2.75) is 55.5 Å². The summed E-state index contributed by atoms with van der Waals surface area (Å²) in [6.07, 6.45) is 5.05. The summed E-state index contributed by atoms with van der Waals surface area (Å²) >= 11 is 0. The number of carbonyl (C=O) groups excluding carboxylic acids is 2. The molecule has 164 valence electrons. The van der Waals surface area contributed by atoms with E-state index in [1.54, 1.807) is 12.1 Å². The molecule has 1 aromatic carbocycles. The van der Waals surface area contributed by atoms with Crippen molar-refractivity contribution in [1.29, 1.82) is 5.26 Å². The normalized spacial score (nSPS) is 22.5. The molecule has 5 N–H and O–H groups in total. The third-order valence-electron chi connectivity index (χ3n) is 6.11. The molecule has 0 spiro atoms. The van der Waals surface area contributed by atoms with Crippen LogP contribution in [0.5, 0.6) is 0 Å². The predicted molar refractivity (Wildman–Crippen MR) is 113 cm³/mol. The van der Waals surface area contributed by atoms with Crippen molar-refractivity contribution >= 4 is 32.7 Å². The lowest BCUT2D eigenvalue weighted by Gasteiger charge is -2.31. The van der Waals surface area contributed by atoms with Gasteiger partial charge in [0.05, 0.1) is 16.9 Å². The second kappa shape index (κ2) is 8.32. The highest BCUT2D eigenvalue weighted by molar-refractivity contribution is 7.89. The second-order valence-electron chi connectivity index (χ2n) is 8.40. The molecule has 0 aliphatic heterocycles. The van der Waals surface area contributed by atoms with E-state index in [4.69, 9.17) is 5.14 Å². The predicted octanol–water partition coefficient (Wildman–Crippen LogP) is 1.52. The van der Waals surface area contributed by atoms with Crippen molar-refractivity contribution in [2.75, 3.05) is 0 Å². The number of nitrogens with two attached hydrogens (primary N) is 1. The van der Waals surface area contributed by atoms with Crippen LogP contribution in [0.15, 0.2) is 29.2 Å². The van der Waals surface area contributed by atoms with E-state index in [1.807, 2.05) is 0 Å². The molecule has 0 bridgehead atoms. The third kappa shape index (κ3) is 4.73. The lowest BCUT2D eigenvalue weighted by molar-refractivity contribution is -0.127. The zero-order valence-electron chi connectivity index (χ0n) is 16.9. The number of aromatic nitrogens is 1. The minimum atomic E-state index is -3.84. The Morgan fingerprint density at radius 1 is 1.16 bits per heavy atom. The van der Waals surface area contributed by atoms with Gasteiger partial charge in [-0.05, 0) is 55.9 Å². The van der Waals surface area contributed by atoms with E-state index in [0.29, 0.717) is 23.7 Å². The fraction of sp³-hybridized carbons (Fsp3) is 0.476. The molecule has 2 aliphatic carbocycles. The lowest BCUT2D eigenvalue weighted by atomic mass is 9.83. The molecular formula is C21H25N5O4S. The van der Waals surface area contributed by atoms with Crippen LogP contribution >= 0.6 is 0 Å². The van der Waals surface area contributed by atoms with Gasteiger partial charge in [-0.25, -0.2) is 13.6 Å². The number of nitrogens with one attached hydrogen (secondary N) is 3. The Morgan fingerprint density at radius 3 is 2.58 bits per heavy atom. The van der Waals surface area contributed by atoms with Crippen LogP contribution in [0.3, 0.4) is 0 Å². The maximum atomic E-state index is 12.9. The largest absolute Gasteiger partial charge is 0.351 e. The quantitative estimate of drug-likeness (QED) is 0.532. The SMILES string of the molecule is N#CC(NC(=O)C1CCCCC1NC(=O)c1cc2cc(S(N)(=O)=O)ccc2[nH]1)C1CC1. The number of H-pyrrole nitrogens is 1. The summed E-state index contributed by atoms with van der Waals surface area (Å²) in [5.41, 5.74) is 0.885. The summed E-state index contributed by atoms with van der Waals surface area (Å²) < 4.78 is 23.1. The van der Waals surface area contributed by atoms with E-state index >= 15 is 0 Å². The Morgan fingerprint density at radius 2 is 1.90 bits per heavy atom. The minimum absolute atomic E-state index is 0.0299. The molecule has 1 heterocycles. The molecule has 2 aromatic rings. The third-order valence-corrected chi connectivity index (χ3v) is 7.03. The summed E-state index contributed by atoms with van der Waals surface area (Å²) in [6, 6.07) is 7.29. The average molecular weight is 444 g/mol. The summed E-state index contributed by atoms with van der Waals surface area (Å²) in [7, 11) is -3.84. The van der Waals surface area contributed by atoms with Gasteiger partial charge >= 0.3 is 0 Å². The summed E-state index contributed by atoms with van der Waals surface area (Å²) in [5.74, 6) is -0.695. The van der Waals surface area contributed by atoms with Gasteiger partial charge < -0.3 is 15.6 Å². The van der Waals surface area contributed by atoms with E-state index in [-0.39, 0.29) is 40.3 Å². The molecule has 3 atom stereocenters. The molecule has 2 amide bonds. The number of hydrogen-bond acceptors (Lipinski definition) is 5. The first kappa shape index (κ1) is 21.3. The smallest absolute Gasteiger partial charge is 0.267 e. The van der Waals surface area contributed by atoms with Crippen LogP contribution in [0.4, 0.5) is 0 Å². The number of primary sulfonamides is 1. The monoisotopic (exact) mass is 443 g/mol. The molecule has 3 unspecified atom stereocenters. The maximum absolute atomic E-state index is 12.9. The van der Waals surface area contributed by atoms with Crippen molar-refractivity contribution in [3.63, 3.8) is 0 Å². The first-order valence-corrected chi connectivity index (χ1v) is 12.0. The highest BCUT2D eigenvalue weighted by Crippen LogP contribution is 2.33. The number of benzene rings is 1. The molecule has 31 heavy (non-hydrogen) atoms. The molecule has 0 radical (unpaired) electrons. The van der Waals surface area contributed by atoms with E-state index in [9.17, 15) is 23.3 Å². The second-order valence-corrected chi connectivity index (χ2v) is 9.96.